The van der Waals surface area contributed by atoms with Crippen molar-refractivity contribution in [3.8, 4) is 29.6 Å². The van der Waals surface area contributed by atoms with Crippen molar-refractivity contribution in [2.45, 2.75) is 36.5 Å². The van der Waals surface area contributed by atoms with Crippen LogP contribution in [0, 0.1) is 24.0 Å². The average Bonchev–Trinajstić information content (AvgIpc) is 3.61. The van der Waals surface area contributed by atoms with Gasteiger partial charge in [-0.1, -0.05) is 36.8 Å². The lowest BCUT2D eigenvalue weighted by Crippen LogP contribution is -2.72. The highest BCUT2D eigenvalue weighted by Crippen LogP contribution is 2.42. The number of pyridine rings is 1. The van der Waals surface area contributed by atoms with Crippen LogP contribution in [0.3, 0.4) is 0 Å². The Kier molecular flexibility index (Phi) is 7.30. The Morgan fingerprint density at radius 3 is 2.81 bits per heavy atom. The molecular weight excluding hydrogens is 621 g/mol. The first kappa shape index (κ1) is 30.6. The second-order valence-electron chi connectivity index (χ2n) is 13.2. The second kappa shape index (κ2) is 11.5. The Labute approximate surface area is 275 Å². The third kappa shape index (κ3) is 4.70. The number of rotatable bonds is 6. The summed E-state index contributed by atoms with van der Waals surface area (Å²) in [4.78, 5) is 32.5. The number of benzene rings is 2. The number of halogens is 3. The lowest BCUT2D eigenvalue weighted by atomic mass is 9.91. The lowest BCUT2D eigenvalue weighted by Gasteiger charge is -2.55. The van der Waals surface area contributed by atoms with Crippen molar-refractivity contribution in [3.05, 3.63) is 66.4 Å². The molecule has 0 saturated carbocycles. The topological polar surface area (TPSA) is 83.9 Å². The van der Waals surface area contributed by atoms with E-state index in [-0.39, 0.29) is 35.3 Å². The van der Waals surface area contributed by atoms with E-state index in [0.717, 1.165) is 19.4 Å². The second-order valence-corrected chi connectivity index (χ2v) is 13.2. The van der Waals surface area contributed by atoms with Crippen molar-refractivity contribution in [1.29, 1.82) is 0 Å². The number of terminal acetylenes is 1. The summed E-state index contributed by atoms with van der Waals surface area (Å²) in [6, 6.07) is 7.99. The number of anilines is 1. The van der Waals surface area contributed by atoms with E-state index in [4.69, 9.17) is 20.9 Å². The van der Waals surface area contributed by atoms with Gasteiger partial charge in [-0.15, -0.1) is 6.42 Å². The minimum atomic E-state index is -0.943. The first-order valence-electron chi connectivity index (χ1n) is 16.1. The molecule has 48 heavy (non-hydrogen) atoms. The smallest absolute Gasteiger partial charge is 0.319 e. The van der Waals surface area contributed by atoms with Gasteiger partial charge in [-0.3, -0.25) is 14.7 Å². The number of aromatic nitrogens is 3. The van der Waals surface area contributed by atoms with Gasteiger partial charge in [-0.25, -0.2) is 13.2 Å². The van der Waals surface area contributed by atoms with Gasteiger partial charge in [-0.2, -0.15) is 9.97 Å². The molecule has 0 N–H and O–H groups in total. The molecule has 4 aromatic rings. The number of carbonyl (C=O) groups is 1. The number of amides is 1. The summed E-state index contributed by atoms with van der Waals surface area (Å²) < 4.78 is 58.1. The molecule has 0 bridgehead atoms. The fraction of sp³-hybridized carbons (Fsp3) is 0.389. The molecule has 1 spiro atoms. The van der Waals surface area contributed by atoms with E-state index in [9.17, 15) is 13.6 Å². The number of hydrogen-bond donors (Lipinski definition) is 0. The van der Waals surface area contributed by atoms with Crippen molar-refractivity contribution in [3.63, 3.8) is 0 Å². The molecule has 8 rings (SSSR count). The maximum absolute atomic E-state index is 16.9. The standard InChI is InChI=1S/C36H33F3N6O3/c1-3-24-27(38)10-9-22-7-5-8-25(29(22)24)31-30(39)32-26(16-40-31)33(43-13-14-45(28(46)4-2)36(18-43)19-47-20-36)42-34(41-32)48-21-35-11-6-12-44(35)17-23(37)15-35/h1,4-5,7-10,16,23H,2,6,11-15,17-21H2/t23-,35+/m1/s1. The normalized spacial score (nSPS) is 23.3. The number of hydrogen-bond acceptors (Lipinski definition) is 8. The van der Waals surface area contributed by atoms with Gasteiger partial charge in [0.25, 0.3) is 0 Å². The molecule has 246 valence electrons. The summed E-state index contributed by atoms with van der Waals surface area (Å²) in [6.45, 7) is 6.78. The average molecular weight is 655 g/mol. The van der Waals surface area contributed by atoms with Crippen molar-refractivity contribution in [2.75, 3.05) is 57.4 Å². The summed E-state index contributed by atoms with van der Waals surface area (Å²) >= 11 is 0. The maximum Gasteiger partial charge on any atom is 0.319 e. The molecule has 1 amide bonds. The van der Waals surface area contributed by atoms with Gasteiger partial charge in [0.2, 0.25) is 5.91 Å². The maximum atomic E-state index is 16.9. The van der Waals surface area contributed by atoms with E-state index in [0.29, 0.717) is 73.4 Å². The largest absolute Gasteiger partial charge is 0.461 e. The van der Waals surface area contributed by atoms with Crippen molar-refractivity contribution in [1.82, 2.24) is 24.8 Å². The molecule has 2 aromatic heterocycles. The molecule has 4 fully saturated rings. The van der Waals surface area contributed by atoms with Gasteiger partial charge in [0.1, 0.15) is 41.2 Å². The van der Waals surface area contributed by atoms with Gasteiger partial charge in [-0.05, 0) is 36.9 Å². The monoisotopic (exact) mass is 654 g/mol. The van der Waals surface area contributed by atoms with E-state index >= 15 is 4.39 Å². The summed E-state index contributed by atoms with van der Waals surface area (Å²) in [5.41, 5.74) is -0.815. The van der Waals surface area contributed by atoms with Crippen LogP contribution in [0.5, 0.6) is 6.01 Å². The molecule has 4 saturated heterocycles. The molecule has 2 atom stereocenters. The van der Waals surface area contributed by atoms with Crippen LogP contribution in [-0.4, -0.2) is 100 Å². The first-order chi connectivity index (χ1) is 23.3. The minimum Gasteiger partial charge on any atom is -0.461 e. The highest BCUT2D eigenvalue weighted by Gasteiger charge is 2.51. The molecule has 0 unspecified atom stereocenters. The minimum absolute atomic E-state index is 0.0138. The molecule has 0 radical (unpaired) electrons. The quantitative estimate of drug-likeness (QED) is 0.219. The number of fused-ring (bicyclic) bond motifs is 3. The molecule has 2 aromatic carbocycles. The van der Waals surface area contributed by atoms with Crippen LogP contribution in [0.25, 0.3) is 32.9 Å². The zero-order valence-electron chi connectivity index (χ0n) is 26.2. The SMILES string of the molecule is C#Cc1c(F)ccc2cccc(-c3ncc4c(N5CCN(C(=O)C=C)C6(COC6)C5)nc(OC[C@@]56CCCN5C[C@H](F)C6)nc4c3F)c12. The number of ether oxygens (including phenoxy) is 2. The zero-order valence-corrected chi connectivity index (χ0v) is 26.2. The first-order valence-corrected chi connectivity index (χ1v) is 16.1. The number of carbonyl (C=O) groups excluding carboxylic acids is 1. The van der Waals surface area contributed by atoms with Gasteiger partial charge >= 0.3 is 6.01 Å². The fourth-order valence-electron chi connectivity index (χ4n) is 8.05. The Hall–Kier alpha value is -4.73. The predicted molar refractivity (Wildman–Crippen MR) is 174 cm³/mol. The van der Waals surface area contributed by atoms with E-state index in [1.165, 1.54) is 18.3 Å². The van der Waals surface area contributed by atoms with Crippen LogP contribution in [0.2, 0.25) is 0 Å². The Morgan fingerprint density at radius 1 is 1.19 bits per heavy atom. The Balaban J connectivity index is 1.25. The van der Waals surface area contributed by atoms with Crippen LogP contribution in [0.15, 0.2) is 49.2 Å². The predicted octanol–water partition coefficient (Wildman–Crippen LogP) is 4.66. The molecule has 12 heteroatoms. The highest BCUT2D eigenvalue weighted by atomic mass is 19.1. The van der Waals surface area contributed by atoms with Crippen molar-refractivity contribution < 1.29 is 27.4 Å². The molecule has 4 aliphatic heterocycles. The summed E-state index contributed by atoms with van der Waals surface area (Å²) in [6.07, 6.45) is 9.64. The molecule has 9 nitrogen and oxygen atoms in total. The van der Waals surface area contributed by atoms with E-state index < -0.39 is 28.9 Å². The van der Waals surface area contributed by atoms with Crippen LogP contribution in [0.4, 0.5) is 19.0 Å². The van der Waals surface area contributed by atoms with E-state index in [1.807, 2.05) is 4.90 Å². The third-order valence-corrected chi connectivity index (χ3v) is 10.4. The molecular formula is C36H33F3N6O3. The summed E-state index contributed by atoms with van der Waals surface area (Å²) in [7, 11) is 0. The van der Waals surface area contributed by atoms with Crippen LogP contribution >= 0.6 is 0 Å². The zero-order chi connectivity index (χ0) is 33.2. The van der Waals surface area contributed by atoms with Crippen LogP contribution < -0.4 is 9.64 Å². The summed E-state index contributed by atoms with van der Waals surface area (Å²) in [5, 5.41) is 1.35. The van der Waals surface area contributed by atoms with Crippen molar-refractivity contribution >= 4 is 33.4 Å². The molecule has 4 aliphatic rings. The number of nitrogens with zero attached hydrogens (tertiary/aromatic N) is 6. The van der Waals surface area contributed by atoms with Crippen molar-refractivity contribution in [2.24, 2.45) is 0 Å². The van der Waals surface area contributed by atoms with E-state index in [1.54, 1.807) is 29.2 Å². The van der Waals surface area contributed by atoms with E-state index in [2.05, 4.69) is 27.4 Å². The number of alkyl halides is 1. The van der Waals surface area contributed by atoms with Crippen LogP contribution in [0.1, 0.15) is 24.8 Å². The summed E-state index contributed by atoms with van der Waals surface area (Å²) in [5.74, 6) is 1.29. The van der Waals surface area contributed by atoms with Gasteiger partial charge in [0, 0.05) is 49.7 Å². The van der Waals surface area contributed by atoms with Gasteiger partial charge < -0.3 is 19.3 Å². The molecule has 0 aliphatic carbocycles. The lowest BCUT2D eigenvalue weighted by molar-refractivity contribution is -0.164. The Bertz CT molecular complexity index is 2030. The third-order valence-electron chi connectivity index (χ3n) is 10.4. The Morgan fingerprint density at radius 2 is 2.04 bits per heavy atom. The van der Waals surface area contributed by atoms with Gasteiger partial charge in [0.05, 0.1) is 29.7 Å². The highest BCUT2D eigenvalue weighted by molar-refractivity contribution is 6.02. The number of piperazine rings is 1. The fourth-order valence-corrected chi connectivity index (χ4v) is 8.05. The molecule has 6 heterocycles. The van der Waals surface area contributed by atoms with Gasteiger partial charge in [0.15, 0.2) is 5.82 Å². The van der Waals surface area contributed by atoms with Crippen LogP contribution in [-0.2, 0) is 9.53 Å².